The molecule has 3 heteroatoms. The first-order chi connectivity index (χ1) is 4.61. The molecular formula is C7H6BrFS. The molecule has 0 aliphatic heterocycles. The summed E-state index contributed by atoms with van der Waals surface area (Å²) in [6, 6.07) is 3.28. The molecule has 0 aliphatic carbocycles. The molecular weight excluding hydrogens is 215 g/mol. The van der Waals surface area contributed by atoms with Crippen LogP contribution in [-0.2, 0) is 0 Å². The fourth-order valence-corrected chi connectivity index (χ4v) is 1.37. The second kappa shape index (κ2) is 2.93. The largest absolute Gasteiger partial charge is 0.206 e. The van der Waals surface area contributed by atoms with Gasteiger partial charge in [-0.15, -0.1) is 12.6 Å². The van der Waals surface area contributed by atoms with Gasteiger partial charge in [-0.25, -0.2) is 4.39 Å². The van der Waals surface area contributed by atoms with Crippen LogP contribution in [0.15, 0.2) is 21.5 Å². The lowest BCUT2D eigenvalue weighted by molar-refractivity contribution is 0.599. The molecule has 0 saturated carbocycles. The molecule has 10 heavy (non-hydrogen) atoms. The Morgan fingerprint density at radius 1 is 1.50 bits per heavy atom. The Morgan fingerprint density at radius 2 is 2.10 bits per heavy atom. The van der Waals surface area contributed by atoms with Crippen molar-refractivity contribution in [3.63, 3.8) is 0 Å². The van der Waals surface area contributed by atoms with E-state index in [0.717, 1.165) is 5.56 Å². The summed E-state index contributed by atoms with van der Waals surface area (Å²) < 4.78 is 13.4. The summed E-state index contributed by atoms with van der Waals surface area (Å²) in [6.45, 7) is 1.83. The van der Waals surface area contributed by atoms with Gasteiger partial charge in [0.1, 0.15) is 5.82 Å². The quantitative estimate of drug-likeness (QED) is 0.639. The summed E-state index contributed by atoms with van der Waals surface area (Å²) in [5, 5.41) is 0. The summed E-state index contributed by atoms with van der Waals surface area (Å²) in [7, 11) is 0. The molecule has 1 rings (SSSR count). The highest BCUT2D eigenvalue weighted by Crippen LogP contribution is 2.24. The SMILES string of the molecule is Cc1cc(F)c(S)c(Br)c1. The Balaban J connectivity index is 3.31. The van der Waals surface area contributed by atoms with E-state index < -0.39 is 0 Å². The zero-order chi connectivity index (χ0) is 7.72. The first-order valence-corrected chi connectivity index (χ1v) is 4.00. The molecule has 0 atom stereocenters. The molecule has 0 radical (unpaired) electrons. The van der Waals surface area contributed by atoms with Gasteiger partial charge < -0.3 is 0 Å². The van der Waals surface area contributed by atoms with Crippen LogP contribution in [0.4, 0.5) is 4.39 Å². The molecule has 0 aromatic heterocycles. The predicted octanol–water partition coefficient (Wildman–Crippen LogP) is 3.19. The van der Waals surface area contributed by atoms with Crippen molar-refractivity contribution in [1.82, 2.24) is 0 Å². The van der Waals surface area contributed by atoms with Crippen LogP contribution in [0, 0.1) is 12.7 Å². The van der Waals surface area contributed by atoms with E-state index in [1.807, 2.05) is 13.0 Å². The normalized spacial score (nSPS) is 10.0. The van der Waals surface area contributed by atoms with Crippen molar-refractivity contribution in [2.45, 2.75) is 11.8 Å². The maximum atomic E-state index is 12.7. The topological polar surface area (TPSA) is 0 Å². The van der Waals surface area contributed by atoms with E-state index in [9.17, 15) is 4.39 Å². The fourth-order valence-electron chi connectivity index (χ4n) is 0.692. The van der Waals surface area contributed by atoms with Gasteiger partial charge in [0, 0.05) is 4.47 Å². The van der Waals surface area contributed by atoms with Crippen LogP contribution in [0.2, 0.25) is 0 Å². The van der Waals surface area contributed by atoms with Crippen molar-refractivity contribution in [2.75, 3.05) is 0 Å². The monoisotopic (exact) mass is 220 g/mol. The summed E-state index contributed by atoms with van der Waals surface area (Å²) in [6.07, 6.45) is 0. The molecule has 1 aromatic carbocycles. The van der Waals surface area contributed by atoms with Crippen molar-refractivity contribution in [3.05, 3.63) is 28.0 Å². The molecule has 0 fully saturated rings. The minimum Gasteiger partial charge on any atom is -0.206 e. The van der Waals surface area contributed by atoms with E-state index in [1.54, 1.807) is 0 Å². The predicted molar refractivity (Wildman–Crippen MR) is 46.1 cm³/mol. The molecule has 0 spiro atoms. The number of hydrogen-bond donors (Lipinski definition) is 1. The smallest absolute Gasteiger partial charge is 0.137 e. The van der Waals surface area contributed by atoms with Gasteiger partial charge in [0.05, 0.1) is 4.90 Å². The van der Waals surface area contributed by atoms with E-state index in [-0.39, 0.29) is 5.82 Å². The highest BCUT2D eigenvalue weighted by atomic mass is 79.9. The summed E-state index contributed by atoms with van der Waals surface area (Å²) in [4.78, 5) is 0.366. The lowest BCUT2D eigenvalue weighted by Crippen LogP contribution is -1.81. The minimum absolute atomic E-state index is 0.282. The van der Waals surface area contributed by atoms with Crippen LogP contribution in [0.3, 0.4) is 0 Å². The fraction of sp³-hybridized carbons (Fsp3) is 0.143. The minimum atomic E-state index is -0.282. The van der Waals surface area contributed by atoms with Crippen LogP contribution in [0.1, 0.15) is 5.56 Å². The van der Waals surface area contributed by atoms with Gasteiger partial charge in [0.2, 0.25) is 0 Å². The van der Waals surface area contributed by atoms with Crippen LogP contribution in [0.5, 0.6) is 0 Å². The van der Waals surface area contributed by atoms with Gasteiger partial charge in [0.15, 0.2) is 0 Å². The van der Waals surface area contributed by atoms with Crippen LogP contribution in [0.25, 0.3) is 0 Å². The first-order valence-electron chi connectivity index (χ1n) is 2.76. The van der Waals surface area contributed by atoms with Gasteiger partial charge in [-0.1, -0.05) is 0 Å². The highest BCUT2D eigenvalue weighted by molar-refractivity contribution is 9.10. The number of halogens is 2. The van der Waals surface area contributed by atoms with Gasteiger partial charge in [0.25, 0.3) is 0 Å². The molecule has 0 N–H and O–H groups in total. The highest BCUT2D eigenvalue weighted by Gasteiger charge is 2.02. The molecule has 0 saturated heterocycles. The third-order valence-electron chi connectivity index (χ3n) is 1.16. The van der Waals surface area contributed by atoms with E-state index in [0.29, 0.717) is 9.37 Å². The zero-order valence-electron chi connectivity index (χ0n) is 5.36. The molecule has 0 bridgehead atoms. The van der Waals surface area contributed by atoms with Crippen molar-refractivity contribution in [2.24, 2.45) is 0 Å². The maximum Gasteiger partial charge on any atom is 0.137 e. The molecule has 0 aliphatic rings. The average Bonchev–Trinajstić information content (AvgIpc) is 1.82. The lowest BCUT2D eigenvalue weighted by atomic mass is 10.2. The van der Waals surface area contributed by atoms with Crippen LogP contribution >= 0.6 is 28.6 Å². The van der Waals surface area contributed by atoms with E-state index >= 15 is 0 Å². The Labute approximate surface area is 73.0 Å². The summed E-state index contributed by atoms with van der Waals surface area (Å²) in [5.74, 6) is -0.282. The Hall–Kier alpha value is -0.0200. The second-order valence-electron chi connectivity index (χ2n) is 2.08. The standard InChI is InChI=1S/C7H6BrFS/c1-4-2-5(8)7(10)6(9)3-4/h2-3,10H,1H3. The lowest BCUT2D eigenvalue weighted by Gasteiger charge is -1.99. The molecule has 0 nitrogen and oxygen atoms in total. The molecule has 0 amide bonds. The third kappa shape index (κ3) is 1.52. The van der Waals surface area contributed by atoms with Crippen LogP contribution < -0.4 is 0 Å². The molecule has 1 aromatic rings. The Kier molecular flexibility index (Phi) is 2.36. The van der Waals surface area contributed by atoms with Crippen LogP contribution in [-0.4, -0.2) is 0 Å². The number of thiol groups is 1. The Bertz CT molecular complexity index is 237. The second-order valence-corrected chi connectivity index (χ2v) is 3.38. The van der Waals surface area contributed by atoms with Gasteiger partial charge in [-0.3, -0.25) is 0 Å². The maximum absolute atomic E-state index is 12.7. The molecule has 54 valence electrons. The Morgan fingerprint density at radius 3 is 2.60 bits per heavy atom. The zero-order valence-corrected chi connectivity index (χ0v) is 7.84. The van der Waals surface area contributed by atoms with Crippen molar-refractivity contribution in [1.29, 1.82) is 0 Å². The number of rotatable bonds is 0. The number of aryl methyl sites for hydroxylation is 1. The van der Waals surface area contributed by atoms with Crippen molar-refractivity contribution >= 4 is 28.6 Å². The van der Waals surface area contributed by atoms with Gasteiger partial charge in [-0.05, 0) is 40.5 Å². The first kappa shape index (κ1) is 8.08. The number of hydrogen-bond acceptors (Lipinski definition) is 1. The summed E-state index contributed by atoms with van der Waals surface area (Å²) in [5.41, 5.74) is 0.891. The van der Waals surface area contributed by atoms with Crippen molar-refractivity contribution < 1.29 is 4.39 Å². The van der Waals surface area contributed by atoms with E-state index in [4.69, 9.17) is 0 Å². The van der Waals surface area contributed by atoms with Gasteiger partial charge >= 0.3 is 0 Å². The van der Waals surface area contributed by atoms with E-state index in [1.165, 1.54) is 6.07 Å². The third-order valence-corrected chi connectivity index (χ3v) is 2.55. The van der Waals surface area contributed by atoms with E-state index in [2.05, 4.69) is 28.6 Å². The average molecular weight is 221 g/mol. The number of benzene rings is 1. The molecule has 0 heterocycles. The summed E-state index contributed by atoms with van der Waals surface area (Å²) >= 11 is 7.12. The van der Waals surface area contributed by atoms with Gasteiger partial charge in [-0.2, -0.15) is 0 Å². The molecule has 0 unspecified atom stereocenters. The van der Waals surface area contributed by atoms with Crippen molar-refractivity contribution in [3.8, 4) is 0 Å².